The highest BCUT2D eigenvalue weighted by molar-refractivity contribution is 6.22. The molecule has 0 saturated carbocycles. The highest BCUT2D eigenvalue weighted by Crippen LogP contribution is 2.31. The Morgan fingerprint density at radius 1 is 1.45 bits per heavy atom. The fraction of sp³-hybridized carbons (Fsp3) is 1.00. The van der Waals surface area contributed by atoms with Gasteiger partial charge in [0.25, 0.3) is 5.25 Å². The number of alkyl halides is 1. The van der Waals surface area contributed by atoms with Gasteiger partial charge in [0.1, 0.15) is 12.2 Å². The number of ether oxygens (including phenoxy) is 1. The Balaban J connectivity index is 2.69. The summed E-state index contributed by atoms with van der Waals surface area (Å²) >= 11 is 5.20. The fourth-order valence-corrected chi connectivity index (χ4v) is 1.15. The molecule has 4 N–H and O–H groups in total. The second-order valence-electron chi connectivity index (χ2n) is 2.38. The molecular formula is C5H9ClO5. The van der Waals surface area contributed by atoms with Crippen LogP contribution in [0.3, 0.4) is 0 Å². The van der Waals surface area contributed by atoms with Crippen molar-refractivity contribution in [1.29, 1.82) is 0 Å². The Labute approximate surface area is 67.8 Å². The molecule has 4 atom stereocenters. The fourth-order valence-electron chi connectivity index (χ4n) is 0.911. The average Bonchev–Trinajstić information content (AvgIpc) is 2.13. The highest BCUT2D eigenvalue weighted by Gasteiger charge is 2.52. The third kappa shape index (κ3) is 1.48. The molecule has 0 aromatic heterocycles. The first-order chi connectivity index (χ1) is 4.99. The maximum atomic E-state index is 9.01. The van der Waals surface area contributed by atoms with Gasteiger partial charge in [-0.2, -0.15) is 0 Å². The van der Waals surface area contributed by atoms with Crippen LogP contribution in [-0.4, -0.2) is 50.6 Å². The first-order valence-electron chi connectivity index (χ1n) is 3.05. The van der Waals surface area contributed by atoms with Crippen molar-refractivity contribution in [3.63, 3.8) is 0 Å². The normalized spacial score (nSPS) is 51.5. The van der Waals surface area contributed by atoms with Gasteiger partial charge in [0.2, 0.25) is 0 Å². The summed E-state index contributed by atoms with van der Waals surface area (Å²) in [5.74, 6) is 0. The van der Waals surface area contributed by atoms with Crippen LogP contribution >= 0.6 is 11.6 Å². The van der Waals surface area contributed by atoms with Crippen LogP contribution in [0.4, 0.5) is 0 Å². The van der Waals surface area contributed by atoms with E-state index >= 15 is 0 Å². The van der Waals surface area contributed by atoms with Crippen molar-refractivity contribution < 1.29 is 25.2 Å². The lowest BCUT2D eigenvalue weighted by Crippen LogP contribution is -2.38. The van der Waals surface area contributed by atoms with Crippen molar-refractivity contribution in [2.45, 2.75) is 23.6 Å². The van der Waals surface area contributed by atoms with E-state index in [0.717, 1.165) is 0 Å². The second-order valence-corrected chi connectivity index (χ2v) is 2.92. The lowest BCUT2D eigenvalue weighted by molar-refractivity contribution is -0.169. The first-order valence-corrected chi connectivity index (χ1v) is 3.43. The predicted molar refractivity (Wildman–Crippen MR) is 34.8 cm³/mol. The lowest BCUT2D eigenvalue weighted by Gasteiger charge is -2.16. The van der Waals surface area contributed by atoms with Gasteiger partial charge >= 0.3 is 0 Å². The van der Waals surface area contributed by atoms with Crippen LogP contribution in [0.15, 0.2) is 0 Å². The number of hydrogen-bond acceptors (Lipinski definition) is 5. The van der Waals surface area contributed by atoms with Crippen molar-refractivity contribution >= 4 is 11.6 Å². The minimum Gasteiger partial charge on any atom is -0.394 e. The Morgan fingerprint density at radius 2 is 2.00 bits per heavy atom. The van der Waals surface area contributed by atoms with Gasteiger partial charge in [-0.3, -0.25) is 0 Å². The zero-order valence-electron chi connectivity index (χ0n) is 5.51. The molecule has 1 fully saturated rings. The molecule has 0 unspecified atom stereocenters. The summed E-state index contributed by atoms with van der Waals surface area (Å²) in [6, 6.07) is 0. The lowest BCUT2D eigenvalue weighted by atomic mass is 10.1. The summed E-state index contributed by atoms with van der Waals surface area (Å²) in [5.41, 5.74) is 0. The summed E-state index contributed by atoms with van der Waals surface area (Å²) < 4.78 is 4.49. The molecule has 0 radical (unpaired) electrons. The van der Waals surface area contributed by atoms with Crippen LogP contribution in [0.2, 0.25) is 0 Å². The number of aliphatic hydroxyl groups excluding tert-OH is 3. The van der Waals surface area contributed by atoms with E-state index in [-0.39, 0.29) is 0 Å². The summed E-state index contributed by atoms with van der Waals surface area (Å²) in [7, 11) is 0. The predicted octanol–water partition coefficient (Wildman–Crippen LogP) is -2.02. The molecule has 1 heterocycles. The second kappa shape index (κ2) is 2.85. The first kappa shape index (κ1) is 9.18. The summed E-state index contributed by atoms with van der Waals surface area (Å²) in [5, 5.41) is 33.2. The third-order valence-corrected chi connectivity index (χ3v) is 1.88. The van der Waals surface area contributed by atoms with Crippen LogP contribution in [0.25, 0.3) is 0 Å². The molecule has 1 aliphatic heterocycles. The van der Waals surface area contributed by atoms with Crippen LogP contribution in [-0.2, 0) is 4.74 Å². The summed E-state index contributed by atoms with van der Waals surface area (Å²) in [6.07, 6.45) is -3.99. The molecule has 0 aromatic rings. The highest BCUT2D eigenvalue weighted by atomic mass is 35.5. The minimum atomic E-state index is -2.28. The number of aliphatic hydroxyl groups is 4. The van der Waals surface area contributed by atoms with Gasteiger partial charge in [-0.15, -0.1) is 0 Å². The standard InChI is InChI=1S/C5H9ClO5/c6-5(10)4(9)3(8)2(1-7)11-5/h2-4,7-10H,1H2/t2-,3-,4-,5+/m1/s1. The van der Waals surface area contributed by atoms with E-state index in [0.29, 0.717) is 0 Å². The van der Waals surface area contributed by atoms with E-state index < -0.39 is 30.2 Å². The molecule has 1 saturated heterocycles. The SMILES string of the molecule is OC[C@H]1O[C@](O)(Cl)[C@H](O)[C@@H]1O. The quantitative estimate of drug-likeness (QED) is 0.354. The molecule has 5 nitrogen and oxygen atoms in total. The largest absolute Gasteiger partial charge is 0.394 e. The topological polar surface area (TPSA) is 90.2 Å². The molecule has 66 valence electrons. The molecular weight excluding hydrogens is 176 g/mol. The van der Waals surface area contributed by atoms with Gasteiger partial charge in [0.15, 0.2) is 6.10 Å². The van der Waals surface area contributed by atoms with Crippen LogP contribution in [0.1, 0.15) is 0 Å². The van der Waals surface area contributed by atoms with Crippen LogP contribution in [0.5, 0.6) is 0 Å². The smallest absolute Gasteiger partial charge is 0.276 e. The maximum absolute atomic E-state index is 9.01. The molecule has 1 rings (SSSR count). The molecule has 0 amide bonds. The van der Waals surface area contributed by atoms with E-state index in [1.165, 1.54) is 0 Å². The van der Waals surface area contributed by atoms with Gasteiger partial charge in [0.05, 0.1) is 6.61 Å². The molecule has 11 heavy (non-hydrogen) atoms. The average molecular weight is 185 g/mol. The maximum Gasteiger partial charge on any atom is 0.276 e. The molecule has 1 aliphatic rings. The zero-order valence-corrected chi connectivity index (χ0v) is 6.27. The molecule has 0 aromatic carbocycles. The summed E-state index contributed by atoms with van der Waals surface area (Å²) in [6.45, 7) is -0.507. The molecule has 0 bridgehead atoms. The Kier molecular flexibility index (Phi) is 2.38. The van der Waals surface area contributed by atoms with Crippen molar-refractivity contribution in [2.24, 2.45) is 0 Å². The van der Waals surface area contributed by atoms with E-state index in [1.807, 2.05) is 0 Å². The minimum absolute atomic E-state index is 0.507. The molecule has 6 heteroatoms. The van der Waals surface area contributed by atoms with E-state index in [1.54, 1.807) is 0 Å². The van der Waals surface area contributed by atoms with Gasteiger partial charge in [-0.25, -0.2) is 0 Å². The number of hydrogen-bond donors (Lipinski definition) is 4. The Bertz CT molecular complexity index is 150. The summed E-state index contributed by atoms with van der Waals surface area (Å²) in [4.78, 5) is 0. The van der Waals surface area contributed by atoms with Crippen molar-refractivity contribution in [1.82, 2.24) is 0 Å². The van der Waals surface area contributed by atoms with Crippen LogP contribution in [0, 0.1) is 0 Å². The van der Waals surface area contributed by atoms with Gasteiger partial charge < -0.3 is 25.2 Å². The van der Waals surface area contributed by atoms with E-state index in [4.69, 9.17) is 32.0 Å². The third-order valence-electron chi connectivity index (χ3n) is 1.57. The van der Waals surface area contributed by atoms with Gasteiger partial charge in [-0.05, 0) is 0 Å². The van der Waals surface area contributed by atoms with E-state index in [2.05, 4.69) is 4.74 Å². The number of halogens is 1. The molecule has 0 spiro atoms. The van der Waals surface area contributed by atoms with Crippen molar-refractivity contribution in [3.8, 4) is 0 Å². The monoisotopic (exact) mass is 184 g/mol. The van der Waals surface area contributed by atoms with Gasteiger partial charge in [0, 0.05) is 0 Å². The Hall–Kier alpha value is 0.0900. The van der Waals surface area contributed by atoms with E-state index in [9.17, 15) is 0 Å². The van der Waals surface area contributed by atoms with Crippen molar-refractivity contribution in [3.05, 3.63) is 0 Å². The molecule has 0 aliphatic carbocycles. The zero-order chi connectivity index (χ0) is 8.65. The van der Waals surface area contributed by atoms with Crippen molar-refractivity contribution in [2.75, 3.05) is 6.61 Å². The van der Waals surface area contributed by atoms with Gasteiger partial charge in [-0.1, -0.05) is 11.6 Å². The number of rotatable bonds is 1. The van der Waals surface area contributed by atoms with Crippen LogP contribution < -0.4 is 0 Å². The Morgan fingerprint density at radius 3 is 2.18 bits per heavy atom.